The molecule has 2 aromatic rings. The van der Waals surface area contributed by atoms with Crippen LogP contribution in [0.2, 0.25) is 0 Å². The molecule has 0 fully saturated rings. The highest BCUT2D eigenvalue weighted by molar-refractivity contribution is 5.63. The number of benzene rings is 1. The van der Waals surface area contributed by atoms with E-state index < -0.39 is 0 Å². The number of hydrogen-bond donors (Lipinski definition) is 1. The number of nitrogens with zero attached hydrogens (tertiary/aromatic N) is 2. The topological polar surface area (TPSA) is 43.8 Å². The van der Waals surface area contributed by atoms with E-state index in [9.17, 15) is 0 Å². The lowest BCUT2D eigenvalue weighted by atomic mass is 10.1. The highest BCUT2D eigenvalue weighted by atomic mass is 15.0. The van der Waals surface area contributed by atoms with E-state index in [1.807, 2.05) is 30.6 Å². The zero-order valence-electron chi connectivity index (χ0n) is 9.56. The highest BCUT2D eigenvalue weighted by Gasteiger charge is 2.01. The van der Waals surface area contributed by atoms with Gasteiger partial charge in [-0.3, -0.25) is 0 Å². The van der Waals surface area contributed by atoms with Crippen LogP contribution in [0, 0.1) is 0 Å². The Morgan fingerprint density at radius 2 is 2.25 bits per heavy atom. The van der Waals surface area contributed by atoms with Gasteiger partial charge in [0.05, 0.1) is 12.0 Å². The third kappa shape index (κ3) is 2.42. The van der Waals surface area contributed by atoms with Crippen LogP contribution in [-0.4, -0.2) is 9.55 Å². The van der Waals surface area contributed by atoms with Crippen LogP contribution in [0.4, 0.5) is 5.69 Å². The number of nitrogens with two attached hydrogens (primary N) is 1. The minimum Gasteiger partial charge on any atom is -0.399 e. The van der Waals surface area contributed by atoms with Crippen LogP contribution < -0.4 is 5.73 Å². The molecule has 1 heterocycles. The molecule has 3 nitrogen and oxygen atoms in total. The maximum Gasteiger partial charge on any atom is 0.0953 e. The van der Waals surface area contributed by atoms with Crippen molar-refractivity contribution in [1.82, 2.24) is 9.55 Å². The van der Waals surface area contributed by atoms with Crippen LogP contribution in [0.3, 0.4) is 0 Å². The van der Waals surface area contributed by atoms with Gasteiger partial charge in [-0.15, -0.1) is 0 Å². The summed E-state index contributed by atoms with van der Waals surface area (Å²) in [4.78, 5) is 4.39. The summed E-state index contributed by atoms with van der Waals surface area (Å²) in [5.74, 6) is 0. The van der Waals surface area contributed by atoms with Crippen LogP contribution >= 0.6 is 0 Å². The lowest BCUT2D eigenvalue weighted by molar-refractivity contribution is 0.631. The zero-order valence-corrected chi connectivity index (χ0v) is 9.56. The molecule has 0 spiro atoms. The number of unbranched alkanes of at least 4 members (excludes halogenated alkanes) is 1. The molecule has 0 aliphatic heterocycles. The number of rotatable bonds is 4. The lowest BCUT2D eigenvalue weighted by Crippen LogP contribution is -1.92. The summed E-state index contributed by atoms with van der Waals surface area (Å²) in [7, 11) is 0. The Morgan fingerprint density at radius 3 is 3.00 bits per heavy atom. The van der Waals surface area contributed by atoms with E-state index >= 15 is 0 Å². The molecule has 0 amide bonds. The van der Waals surface area contributed by atoms with E-state index in [1.165, 1.54) is 12.8 Å². The van der Waals surface area contributed by atoms with Crippen molar-refractivity contribution < 1.29 is 0 Å². The molecule has 0 atom stereocenters. The van der Waals surface area contributed by atoms with E-state index in [2.05, 4.69) is 22.7 Å². The summed E-state index contributed by atoms with van der Waals surface area (Å²) in [6.45, 7) is 3.22. The maximum atomic E-state index is 5.75. The first-order valence-electron chi connectivity index (χ1n) is 5.67. The normalized spacial score (nSPS) is 10.6. The molecule has 0 saturated heterocycles. The van der Waals surface area contributed by atoms with Gasteiger partial charge in [0.25, 0.3) is 0 Å². The van der Waals surface area contributed by atoms with Crippen LogP contribution in [0.1, 0.15) is 19.8 Å². The Bertz CT molecular complexity index is 460. The molecule has 3 heteroatoms. The Morgan fingerprint density at radius 1 is 1.38 bits per heavy atom. The van der Waals surface area contributed by atoms with Gasteiger partial charge in [0, 0.05) is 24.0 Å². The number of aryl methyl sites for hydroxylation is 1. The molecule has 0 unspecified atom stereocenters. The monoisotopic (exact) mass is 215 g/mol. The van der Waals surface area contributed by atoms with Crippen molar-refractivity contribution in [3.8, 4) is 11.3 Å². The first-order valence-corrected chi connectivity index (χ1v) is 5.67. The number of nitrogen functional groups attached to an aromatic ring is 1. The SMILES string of the molecule is CCCCn1cnc(-c2cccc(N)c2)c1. The summed E-state index contributed by atoms with van der Waals surface area (Å²) in [6.07, 6.45) is 6.34. The van der Waals surface area contributed by atoms with Gasteiger partial charge in [-0.2, -0.15) is 0 Å². The van der Waals surface area contributed by atoms with E-state index in [1.54, 1.807) is 0 Å². The summed E-state index contributed by atoms with van der Waals surface area (Å²) < 4.78 is 2.13. The molecule has 2 rings (SSSR count). The largest absolute Gasteiger partial charge is 0.399 e. The van der Waals surface area contributed by atoms with Crippen molar-refractivity contribution in [2.75, 3.05) is 5.73 Å². The van der Waals surface area contributed by atoms with Crippen molar-refractivity contribution in [3.05, 3.63) is 36.8 Å². The second-order valence-corrected chi connectivity index (χ2v) is 3.98. The van der Waals surface area contributed by atoms with Gasteiger partial charge in [-0.05, 0) is 18.6 Å². The van der Waals surface area contributed by atoms with Crippen molar-refractivity contribution in [1.29, 1.82) is 0 Å². The smallest absolute Gasteiger partial charge is 0.0953 e. The molecule has 0 aliphatic carbocycles. The molecule has 0 saturated carbocycles. The van der Waals surface area contributed by atoms with Gasteiger partial charge < -0.3 is 10.3 Å². The van der Waals surface area contributed by atoms with Gasteiger partial charge in [0.1, 0.15) is 0 Å². The van der Waals surface area contributed by atoms with Gasteiger partial charge in [0.2, 0.25) is 0 Å². The summed E-state index contributed by atoms with van der Waals surface area (Å²) in [5.41, 5.74) is 8.59. The average molecular weight is 215 g/mol. The Kier molecular flexibility index (Phi) is 3.25. The number of anilines is 1. The standard InChI is InChI=1S/C13H17N3/c1-2-3-7-16-9-13(15-10-16)11-5-4-6-12(14)8-11/h4-6,8-10H,2-3,7,14H2,1H3. The third-order valence-electron chi connectivity index (χ3n) is 2.59. The second-order valence-electron chi connectivity index (χ2n) is 3.98. The fraction of sp³-hybridized carbons (Fsp3) is 0.308. The first-order chi connectivity index (χ1) is 7.79. The van der Waals surface area contributed by atoms with E-state index in [0.717, 1.165) is 23.5 Å². The molecule has 2 N–H and O–H groups in total. The van der Waals surface area contributed by atoms with Gasteiger partial charge in [0.15, 0.2) is 0 Å². The minimum atomic E-state index is 0.778. The van der Waals surface area contributed by atoms with Crippen molar-refractivity contribution in [2.45, 2.75) is 26.3 Å². The van der Waals surface area contributed by atoms with E-state index in [0.29, 0.717) is 0 Å². The summed E-state index contributed by atoms with van der Waals surface area (Å²) in [5, 5.41) is 0. The van der Waals surface area contributed by atoms with Crippen LogP contribution in [0.15, 0.2) is 36.8 Å². The molecular formula is C13H17N3. The molecule has 0 aliphatic rings. The molecule has 1 aromatic heterocycles. The van der Waals surface area contributed by atoms with Crippen molar-refractivity contribution in [2.24, 2.45) is 0 Å². The fourth-order valence-electron chi connectivity index (χ4n) is 1.67. The highest BCUT2D eigenvalue weighted by Crippen LogP contribution is 2.19. The minimum absolute atomic E-state index is 0.778. The van der Waals surface area contributed by atoms with Crippen molar-refractivity contribution in [3.63, 3.8) is 0 Å². The Balaban J connectivity index is 2.18. The predicted molar refractivity (Wildman–Crippen MR) is 67.0 cm³/mol. The predicted octanol–water partition coefficient (Wildman–Crippen LogP) is 2.93. The van der Waals surface area contributed by atoms with E-state index in [4.69, 9.17) is 5.73 Å². The van der Waals surface area contributed by atoms with E-state index in [-0.39, 0.29) is 0 Å². The number of imidazole rings is 1. The number of hydrogen-bond acceptors (Lipinski definition) is 2. The van der Waals surface area contributed by atoms with Crippen LogP contribution in [0.5, 0.6) is 0 Å². The first kappa shape index (κ1) is 10.7. The lowest BCUT2D eigenvalue weighted by Gasteiger charge is -1.99. The Hall–Kier alpha value is -1.77. The van der Waals surface area contributed by atoms with Crippen LogP contribution in [0.25, 0.3) is 11.3 Å². The molecule has 1 aromatic carbocycles. The fourth-order valence-corrected chi connectivity index (χ4v) is 1.67. The third-order valence-corrected chi connectivity index (χ3v) is 2.59. The molecule has 16 heavy (non-hydrogen) atoms. The van der Waals surface area contributed by atoms with Gasteiger partial charge in [-0.1, -0.05) is 25.5 Å². The van der Waals surface area contributed by atoms with Gasteiger partial charge in [-0.25, -0.2) is 4.98 Å². The quantitative estimate of drug-likeness (QED) is 0.797. The molecule has 84 valence electrons. The Labute approximate surface area is 95.9 Å². The van der Waals surface area contributed by atoms with Crippen LogP contribution in [-0.2, 0) is 6.54 Å². The molecular weight excluding hydrogens is 198 g/mol. The molecule has 0 radical (unpaired) electrons. The maximum absolute atomic E-state index is 5.75. The zero-order chi connectivity index (χ0) is 11.4. The summed E-state index contributed by atoms with van der Waals surface area (Å²) >= 11 is 0. The number of aromatic nitrogens is 2. The second kappa shape index (κ2) is 4.84. The average Bonchev–Trinajstić information content (AvgIpc) is 2.75. The molecule has 0 bridgehead atoms. The van der Waals surface area contributed by atoms with Gasteiger partial charge >= 0.3 is 0 Å². The van der Waals surface area contributed by atoms with Crippen molar-refractivity contribution >= 4 is 5.69 Å². The summed E-state index contributed by atoms with van der Waals surface area (Å²) in [6, 6.07) is 7.82.